The van der Waals surface area contributed by atoms with E-state index >= 15 is 0 Å². The monoisotopic (exact) mass is 298 g/mol. The van der Waals surface area contributed by atoms with E-state index in [1.165, 1.54) is 0 Å². The second kappa shape index (κ2) is 4.29. The summed E-state index contributed by atoms with van der Waals surface area (Å²) in [6.45, 7) is 4.12. The van der Waals surface area contributed by atoms with Crippen molar-refractivity contribution < 1.29 is 19.4 Å². The third-order valence-electron chi connectivity index (χ3n) is 5.12. The lowest BCUT2D eigenvalue weighted by Gasteiger charge is -2.33. The third-order valence-corrected chi connectivity index (χ3v) is 5.12. The molecular weight excluding hydrogens is 280 g/mol. The molecular formula is C18H18O4. The van der Waals surface area contributed by atoms with Gasteiger partial charge in [-0.05, 0) is 37.3 Å². The van der Waals surface area contributed by atoms with E-state index in [9.17, 15) is 14.7 Å². The Morgan fingerprint density at radius 3 is 2.82 bits per heavy atom. The molecule has 1 heterocycles. The Morgan fingerprint density at radius 2 is 2.05 bits per heavy atom. The Balaban J connectivity index is 2.02. The summed E-state index contributed by atoms with van der Waals surface area (Å²) in [5.41, 5.74) is 2.34. The molecule has 0 aromatic heterocycles. The standard InChI is InChI=1S/C18H18O4/c1-9-8-22-17-11-5-6-12-10(4-3-7-18(12,2)21)14(11)16(20)15(19)13(9)17/h5-6,9,21H,3-4,7-8H2,1-2H3/t9-,18-/m1/s1. The molecule has 2 atom stereocenters. The van der Waals surface area contributed by atoms with Crippen molar-refractivity contribution in [2.75, 3.05) is 6.61 Å². The Bertz CT molecular complexity index is 755. The van der Waals surface area contributed by atoms with E-state index in [0.29, 0.717) is 36.3 Å². The zero-order valence-electron chi connectivity index (χ0n) is 12.7. The first-order valence-corrected chi connectivity index (χ1v) is 7.77. The number of fused-ring (bicyclic) bond motifs is 4. The van der Waals surface area contributed by atoms with E-state index in [4.69, 9.17) is 4.74 Å². The van der Waals surface area contributed by atoms with Gasteiger partial charge in [-0.25, -0.2) is 0 Å². The molecule has 1 aromatic carbocycles. The number of aliphatic hydroxyl groups is 1. The Morgan fingerprint density at radius 1 is 1.27 bits per heavy atom. The second-order valence-electron chi connectivity index (χ2n) is 6.75. The molecule has 0 radical (unpaired) electrons. The highest BCUT2D eigenvalue weighted by Crippen LogP contribution is 2.44. The molecule has 4 nitrogen and oxygen atoms in total. The summed E-state index contributed by atoms with van der Waals surface area (Å²) in [4.78, 5) is 25.1. The zero-order valence-corrected chi connectivity index (χ0v) is 12.7. The highest BCUT2D eigenvalue weighted by molar-refractivity contribution is 6.52. The average molecular weight is 298 g/mol. The van der Waals surface area contributed by atoms with Crippen LogP contribution in [0.15, 0.2) is 17.7 Å². The fraction of sp³-hybridized carbons (Fsp3) is 0.444. The molecule has 0 spiro atoms. The van der Waals surface area contributed by atoms with E-state index < -0.39 is 17.2 Å². The zero-order chi connectivity index (χ0) is 15.6. The molecule has 22 heavy (non-hydrogen) atoms. The lowest BCUT2D eigenvalue weighted by Crippen LogP contribution is -2.32. The number of carbonyl (C=O) groups is 2. The number of hydrogen-bond donors (Lipinski definition) is 1. The topological polar surface area (TPSA) is 63.6 Å². The summed E-state index contributed by atoms with van der Waals surface area (Å²) < 4.78 is 5.70. The van der Waals surface area contributed by atoms with Crippen molar-refractivity contribution in [2.45, 2.75) is 38.7 Å². The van der Waals surface area contributed by atoms with E-state index in [1.54, 1.807) is 6.92 Å². The van der Waals surface area contributed by atoms with E-state index in [1.807, 2.05) is 19.1 Å². The highest BCUT2D eigenvalue weighted by atomic mass is 16.5. The van der Waals surface area contributed by atoms with Gasteiger partial charge in [0.1, 0.15) is 5.76 Å². The molecule has 0 bridgehead atoms. The predicted octanol–water partition coefficient (Wildman–Crippen LogP) is 2.37. The van der Waals surface area contributed by atoms with Crippen molar-refractivity contribution in [2.24, 2.45) is 5.92 Å². The number of ether oxygens (including phenoxy) is 1. The normalized spacial score (nSPS) is 29.9. The lowest BCUT2D eigenvalue weighted by molar-refractivity contribution is -0.112. The van der Waals surface area contributed by atoms with Crippen LogP contribution in [-0.2, 0) is 21.6 Å². The first-order chi connectivity index (χ1) is 10.4. The molecule has 0 unspecified atom stereocenters. The van der Waals surface area contributed by atoms with Gasteiger partial charge in [0.25, 0.3) is 0 Å². The average Bonchev–Trinajstić information content (AvgIpc) is 2.86. The fourth-order valence-electron chi connectivity index (χ4n) is 3.98. The summed E-state index contributed by atoms with van der Waals surface area (Å²) in [6, 6.07) is 3.71. The molecule has 4 heteroatoms. The van der Waals surface area contributed by atoms with Gasteiger partial charge in [0.15, 0.2) is 0 Å². The van der Waals surface area contributed by atoms with Crippen molar-refractivity contribution in [3.8, 4) is 0 Å². The van der Waals surface area contributed by atoms with Gasteiger partial charge in [-0.1, -0.05) is 19.1 Å². The smallest absolute Gasteiger partial charge is 0.234 e. The van der Waals surface area contributed by atoms with Crippen LogP contribution >= 0.6 is 0 Å². The molecule has 4 rings (SSSR count). The molecule has 3 aliphatic rings. The Hall–Kier alpha value is -1.94. The van der Waals surface area contributed by atoms with E-state index in [-0.39, 0.29) is 5.92 Å². The number of ketones is 2. The van der Waals surface area contributed by atoms with Crippen LogP contribution in [0, 0.1) is 5.92 Å². The minimum atomic E-state index is -0.940. The minimum Gasteiger partial charge on any atom is -0.492 e. The number of Topliss-reactive ketones (excluding diaryl/α,β-unsaturated/α-hetero) is 2. The van der Waals surface area contributed by atoms with Crippen molar-refractivity contribution in [1.29, 1.82) is 0 Å². The molecule has 1 N–H and O–H groups in total. The van der Waals surface area contributed by atoms with Gasteiger partial charge in [0, 0.05) is 17.0 Å². The summed E-state index contributed by atoms with van der Waals surface area (Å²) in [7, 11) is 0. The van der Waals surface area contributed by atoms with Crippen LogP contribution < -0.4 is 0 Å². The molecule has 1 aromatic rings. The highest BCUT2D eigenvalue weighted by Gasteiger charge is 2.43. The molecule has 0 amide bonds. The van der Waals surface area contributed by atoms with Gasteiger partial charge in [-0.2, -0.15) is 0 Å². The fourth-order valence-corrected chi connectivity index (χ4v) is 3.98. The molecule has 1 aliphatic heterocycles. The molecule has 0 saturated heterocycles. The Labute approximate surface area is 128 Å². The van der Waals surface area contributed by atoms with E-state index in [2.05, 4.69) is 0 Å². The summed E-state index contributed by atoms with van der Waals surface area (Å²) in [5, 5.41) is 10.6. The van der Waals surface area contributed by atoms with Crippen LogP contribution in [0.4, 0.5) is 0 Å². The number of benzene rings is 1. The van der Waals surface area contributed by atoms with Crippen LogP contribution in [0.5, 0.6) is 0 Å². The summed E-state index contributed by atoms with van der Waals surface area (Å²) in [6.07, 6.45) is 2.19. The summed E-state index contributed by atoms with van der Waals surface area (Å²) >= 11 is 0. The van der Waals surface area contributed by atoms with Crippen LogP contribution in [0.1, 0.15) is 53.7 Å². The lowest BCUT2D eigenvalue weighted by atomic mass is 9.73. The molecule has 0 saturated carbocycles. The molecule has 2 aliphatic carbocycles. The van der Waals surface area contributed by atoms with Gasteiger partial charge < -0.3 is 9.84 Å². The number of carbonyl (C=O) groups excluding carboxylic acids is 2. The van der Waals surface area contributed by atoms with Gasteiger partial charge in [-0.3, -0.25) is 9.59 Å². The van der Waals surface area contributed by atoms with Crippen LogP contribution in [0.3, 0.4) is 0 Å². The Kier molecular flexibility index (Phi) is 2.67. The first-order valence-electron chi connectivity index (χ1n) is 7.77. The number of hydrogen-bond acceptors (Lipinski definition) is 4. The third kappa shape index (κ3) is 1.61. The van der Waals surface area contributed by atoms with Crippen molar-refractivity contribution >= 4 is 17.3 Å². The summed E-state index contributed by atoms with van der Waals surface area (Å²) in [5.74, 6) is -0.356. The van der Waals surface area contributed by atoms with Crippen molar-refractivity contribution in [3.63, 3.8) is 0 Å². The van der Waals surface area contributed by atoms with Gasteiger partial charge in [0.2, 0.25) is 11.6 Å². The molecule has 0 fully saturated rings. The first kappa shape index (κ1) is 13.7. The quantitative estimate of drug-likeness (QED) is 0.747. The predicted molar refractivity (Wildman–Crippen MR) is 80.3 cm³/mol. The van der Waals surface area contributed by atoms with Gasteiger partial charge in [0.05, 0.1) is 17.8 Å². The van der Waals surface area contributed by atoms with Gasteiger partial charge in [-0.15, -0.1) is 0 Å². The van der Waals surface area contributed by atoms with Crippen LogP contribution in [-0.4, -0.2) is 23.3 Å². The maximum absolute atomic E-state index is 12.7. The maximum Gasteiger partial charge on any atom is 0.234 e. The second-order valence-corrected chi connectivity index (χ2v) is 6.75. The van der Waals surface area contributed by atoms with Crippen LogP contribution in [0.2, 0.25) is 0 Å². The minimum absolute atomic E-state index is 0.0428. The number of rotatable bonds is 0. The van der Waals surface area contributed by atoms with E-state index in [0.717, 1.165) is 23.1 Å². The largest absolute Gasteiger partial charge is 0.492 e. The molecule has 114 valence electrons. The van der Waals surface area contributed by atoms with Crippen molar-refractivity contribution in [3.05, 3.63) is 40.0 Å². The SMILES string of the molecule is C[C@@H]1COC2=C1C(=O)C(=O)c1c2ccc2c1CCC[C@@]2(C)O. The van der Waals surface area contributed by atoms with Crippen LogP contribution in [0.25, 0.3) is 5.76 Å². The van der Waals surface area contributed by atoms with Gasteiger partial charge >= 0.3 is 0 Å². The maximum atomic E-state index is 12.7. The van der Waals surface area contributed by atoms with Crippen molar-refractivity contribution in [1.82, 2.24) is 0 Å².